The van der Waals surface area contributed by atoms with Crippen LogP contribution in [0.5, 0.6) is 0 Å². The van der Waals surface area contributed by atoms with E-state index >= 15 is 0 Å². The van der Waals surface area contributed by atoms with Crippen molar-refractivity contribution < 1.29 is 19.1 Å². The molecule has 0 aliphatic heterocycles. The summed E-state index contributed by atoms with van der Waals surface area (Å²) in [6, 6.07) is 0.0228. The quantitative estimate of drug-likeness (QED) is 0.404. The molecule has 0 aliphatic rings. The Morgan fingerprint density at radius 2 is 2.13 bits per heavy atom. The third-order valence-electron chi connectivity index (χ3n) is 1.68. The van der Waals surface area contributed by atoms with Crippen molar-refractivity contribution >= 4 is 11.9 Å². The number of nitrogens with one attached hydrogen (secondary N) is 1. The fraction of sp³-hybridized carbons (Fsp3) is 0.778. The second-order valence-corrected chi connectivity index (χ2v) is 3.15. The topological polar surface area (TPSA) is 90.7 Å². The molecule has 0 aromatic heterocycles. The summed E-state index contributed by atoms with van der Waals surface area (Å²) >= 11 is 0. The molecule has 0 aromatic carbocycles. The first-order valence-corrected chi connectivity index (χ1v) is 4.72. The Labute approximate surface area is 89.1 Å². The summed E-state index contributed by atoms with van der Waals surface area (Å²) < 4.78 is 9.43. The maximum atomic E-state index is 10.8. The predicted octanol–water partition coefficient (Wildman–Crippen LogP) is -0.970. The van der Waals surface area contributed by atoms with Gasteiger partial charge in [0.2, 0.25) is 5.91 Å². The third kappa shape index (κ3) is 9.17. The number of methoxy groups -OCH3 is 1. The lowest BCUT2D eigenvalue weighted by Crippen LogP contribution is -2.32. The lowest BCUT2D eigenvalue weighted by molar-refractivity contribution is -0.141. The molecular weight excluding hydrogens is 200 g/mol. The summed E-state index contributed by atoms with van der Waals surface area (Å²) in [5, 5.41) is 3.04. The van der Waals surface area contributed by atoms with E-state index in [4.69, 9.17) is 10.5 Å². The van der Waals surface area contributed by atoms with Crippen molar-refractivity contribution in [2.24, 2.45) is 5.73 Å². The van der Waals surface area contributed by atoms with Crippen molar-refractivity contribution in [2.45, 2.75) is 19.4 Å². The first kappa shape index (κ1) is 13.9. The molecule has 0 bridgehead atoms. The van der Waals surface area contributed by atoms with Crippen LogP contribution in [0.1, 0.15) is 13.3 Å². The van der Waals surface area contributed by atoms with Gasteiger partial charge >= 0.3 is 5.97 Å². The molecule has 0 aliphatic carbocycles. The lowest BCUT2D eigenvalue weighted by atomic mass is 10.2. The minimum absolute atomic E-state index is 0.0228. The fourth-order valence-electron chi connectivity index (χ4n) is 0.956. The van der Waals surface area contributed by atoms with Crippen molar-refractivity contribution in [1.29, 1.82) is 0 Å². The number of ether oxygens (including phenoxy) is 2. The number of carbonyl (C=O) groups is 2. The fourth-order valence-corrected chi connectivity index (χ4v) is 0.956. The molecule has 1 atom stereocenters. The van der Waals surface area contributed by atoms with E-state index in [1.54, 1.807) is 0 Å². The highest BCUT2D eigenvalue weighted by atomic mass is 16.5. The smallest absolute Gasteiger partial charge is 0.307 e. The number of rotatable bonds is 8. The Kier molecular flexibility index (Phi) is 7.57. The average molecular weight is 218 g/mol. The average Bonchev–Trinajstić information content (AvgIpc) is 2.16. The molecule has 1 amide bonds. The highest BCUT2D eigenvalue weighted by Gasteiger charge is 2.07. The Hall–Kier alpha value is -1.14. The summed E-state index contributed by atoms with van der Waals surface area (Å²) in [6.07, 6.45) is 0.312. The molecule has 0 spiro atoms. The van der Waals surface area contributed by atoms with E-state index in [2.05, 4.69) is 10.1 Å². The number of hydrogen-bond donors (Lipinski definition) is 2. The van der Waals surface area contributed by atoms with Gasteiger partial charge in [-0.1, -0.05) is 0 Å². The van der Waals surface area contributed by atoms with Crippen LogP contribution in [0.2, 0.25) is 0 Å². The van der Waals surface area contributed by atoms with Gasteiger partial charge in [0.25, 0.3) is 0 Å². The number of hydrogen-bond acceptors (Lipinski definition) is 5. The second-order valence-electron chi connectivity index (χ2n) is 3.15. The van der Waals surface area contributed by atoms with Crippen LogP contribution in [-0.4, -0.2) is 44.8 Å². The van der Waals surface area contributed by atoms with Crippen LogP contribution >= 0.6 is 0 Å². The number of nitrogens with two attached hydrogens (primary N) is 1. The highest BCUT2D eigenvalue weighted by Crippen LogP contribution is 1.92. The first-order chi connectivity index (χ1) is 7.06. The third-order valence-corrected chi connectivity index (χ3v) is 1.68. The molecule has 1 unspecified atom stereocenters. The Morgan fingerprint density at radius 1 is 1.47 bits per heavy atom. The molecule has 88 valence electrons. The van der Waals surface area contributed by atoms with Gasteiger partial charge in [0.1, 0.15) is 6.61 Å². The summed E-state index contributed by atoms with van der Waals surface area (Å²) in [7, 11) is 1.35. The molecule has 0 saturated carbocycles. The van der Waals surface area contributed by atoms with E-state index < -0.39 is 5.91 Å². The van der Waals surface area contributed by atoms with Crippen LogP contribution in [0.15, 0.2) is 0 Å². The molecule has 0 saturated heterocycles. The molecule has 3 N–H and O–H groups in total. The van der Waals surface area contributed by atoms with Crippen LogP contribution in [0.4, 0.5) is 0 Å². The summed E-state index contributed by atoms with van der Waals surface area (Å²) in [5.74, 6) is -0.745. The van der Waals surface area contributed by atoms with E-state index in [0.29, 0.717) is 19.6 Å². The predicted molar refractivity (Wildman–Crippen MR) is 54.1 cm³/mol. The Balaban J connectivity index is 3.35. The maximum absolute atomic E-state index is 10.8. The van der Waals surface area contributed by atoms with Gasteiger partial charge in [0.05, 0.1) is 20.1 Å². The summed E-state index contributed by atoms with van der Waals surface area (Å²) in [6.45, 7) is 2.73. The van der Waals surface area contributed by atoms with Crippen molar-refractivity contribution in [2.75, 3.05) is 26.9 Å². The molecule has 6 heteroatoms. The van der Waals surface area contributed by atoms with E-state index in [-0.39, 0.29) is 18.6 Å². The SMILES string of the molecule is COC(=O)CC(C)NCCOCC(N)=O. The molecule has 0 aromatic rings. The zero-order valence-corrected chi connectivity index (χ0v) is 9.12. The number of primary amides is 1. The molecule has 0 radical (unpaired) electrons. The molecule has 15 heavy (non-hydrogen) atoms. The van der Waals surface area contributed by atoms with E-state index in [1.807, 2.05) is 6.92 Å². The number of amides is 1. The van der Waals surface area contributed by atoms with Gasteiger partial charge in [-0.2, -0.15) is 0 Å². The standard InChI is InChI=1S/C9H18N2O4/c1-7(5-9(13)14-2)11-3-4-15-6-8(10)12/h7,11H,3-6H2,1-2H3,(H2,10,12). The van der Waals surface area contributed by atoms with Crippen LogP contribution in [0.3, 0.4) is 0 Å². The maximum Gasteiger partial charge on any atom is 0.307 e. The van der Waals surface area contributed by atoms with Crippen molar-refractivity contribution in [3.05, 3.63) is 0 Å². The van der Waals surface area contributed by atoms with Gasteiger partial charge in [-0.15, -0.1) is 0 Å². The van der Waals surface area contributed by atoms with Gasteiger partial charge < -0.3 is 20.5 Å². The van der Waals surface area contributed by atoms with Crippen molar-refractivity contribution in [3.63, 3.8) is 0 Å². The van der Waals surface area contributed by atoms with Gasteiger partial charge in [-0.05, 0) is 6.92 Å². The van der Waals surface area contributed by atoms with Crippen molar-refractivity contribution in [3.8, 4) is 0 Å². The molecule has 0 heterocycles. The lowest BCUT2D eigenvalue weighted by Gasteiger charge is -2.11. The largest absolute Gasteiger partial charge is 0.469 e. The minimum Gasteiger partial charge on any atom is -0.469 e. The minimum atomic E-state index is -0.488. The van der Waals surface area contributed by atoms with Crippen LogP contribution in [0, 0.1) is 0 Å². The normalized spacial score (nSPS) is 12.1. The van der Waals surface area contributed by atoms with E-state index in [0.717, 1.165) is 0 Å². The number of esters is 1. The van der Waals surface area contributed by atoms with Crippen LogP contribution < -0.4 is 11.1 Å². The summed E-state index contributed by atoms with van der Waals surface area (Å²) in [4.78, 5) is 21.1. The monoisotopic (exact) mass is 218 g/mol. The summed E-state index contributed by atoms with van der Waals surface area (Å²) in [5.41, 5.74) is 4.87. The highest BCUT2D eigenvalue weighted by molar-refractivity contribution is 5.74. The van der Waals surface area contributed by atoms with Gasteiger partial charge in [-0.25, -0.2) is 0 Å². The molecule has 0 fully saturated rings. The Bertz CT molecular complexity index is 208. The zero-order valence-electron chi connectivity index (χ0n) is 9.12. The van der Waals surface area contributed by atoms with Crippen LogP contribution in [-0.2, 0) is 19.1 Å². The van der Waals surface area contributed by atoms with Gasteiger partial charge in [0, 0.05) is 12.6 Å². The second kappa shape index (κ2) is 8.19. The van der Waals surface area contributed by atoms with Crippen LogP contribution in [0.25, 0.3) is 0 Å². The number of carbonyl (C=O) groups excluding carboxylic acids is 2. The van der Waals surface area contributed by atoms with E-state index in [9.17, 15) is 9.59 Å². The van der Waals surface area contributed by atoms with Crippen molar-refractivity contribution in [1.82, 2.24) is 5.32 Å². The zero-order chi connectivity index (χ0) is 11.7. The van der Waals surface area contributed by atoms with Gasteiger partial charge in [0.15, 0.2) is 0 Å². The van der Waals surface area contributed by atoms with Gasteiger partial charge in [-0.3, -0.25) is 9.59 Å². The molecule has 0 rings (SSSR count). The van der Waals surface area contributed by atoms with E-state index in [1.165, 1.54) is 7.11 Å². The first-order valence-electron chi connectivity index (χ1n) is 4.72. The molecule has 6 nitrogen and oxygen atoms in total. The Morgan fingerprint density at radius 3 is 2.67 bits per heavy atom. The molecular formula is C9H18N2O4.